The highest BCUT2D eigenvalue weighted by atomic mass is 16.6. The van der Waals surface area contributed by atoms with Gasteiger partial charge in [0.15, 0.2) is 5.78 Å². The van der Waals surface area contributed by atoms with Crippen LogP contribution < -0.4 is 5.73 Å². The summed E-state index contributed by atoms with van der Waals surface area (Å²) in [5, 5.41) is 20.5. The van der Waals surface area contributed by atoms with Crippen LogP contribution in [0.2, 0.25) is 0 Å². The Morgan fingerprint density at radius 1 is 1.34 bits per heavy atom. The molecule has 0 saturated carbocycles. The molecule has 9 nitrogen and oxygen atoms in total. The first-order valence-electron chi connectivity index (χ1n) is 8.70. The number of non-ortho nitro benzene ring substituents is 1. The van der Waals surface area contributed by atoms with Crippen molar-refractivity contribution in [3.8, 4) is 6.07 Å². The van der Waals surface area contributed by atoms with Gasteiger partial charge in [-0.3, -0.25) is 19.7 Å². The van der Waals surface area contributed by atoms with Crippen molar-refractivity contribution in [2.75, 3.05) is 6.61 Å². The first kappa shape index (κ1) is 21.5. The second kappa shape index (κ2) is 9.43. The van der Waals surface area contributed by atoms with Crippen LogP contribution in [0.25, 0.3) is 0 Å². The number of carbonyl (C=O) groups is 2. The maximum atomic E-state index is 13.3. The smallest absolute Gasteiger partial charge is 0.317 e. The van der Waals surface area contributed by atoms with E-state index in [-0.39, 0.29) is 29.3 Å². The summed E-state index contributed by atoms with van der Waals surface area (Å²) < 4.78 is 10.5. The lowest BCUT2D eigenvalue weighted by molar-refractivity contribution is -0.384. The van der Waals surface area contributed by atoms with Crippen LogP contribution in [0.15, 0.2) is 59.4 Å². The van der Waals surface area contributed by atoms with Gasteiger partial charge in [-0.1, -0.05) is 0 Å². The Balaban J connectivity index is 2.58. The third-order valence-corrected chi connectivity index (χ3v) is 4.35. The number of rotatable bonds is 9. The summed E-state index contributed by atoms with van der Waals surface area (Å²) in [6.07, 6.45) is 1.36. The van der Waals surface area contributed by atoms with E-state index in [0.29, 0.717) is 0 Å². The van der Waals surface area contributed by atoms with Gasteiger partial charge in [-0.25, -0.2) is 0 Å². The topological polar surface area (TPSA) is 151 Å². The number of nitrogens with zero attached hydrogens (tertiary/aromatic N) is 2. The van der Waals surface area contributed by atoms with E-state index in [1.807, 2.05) is 6.07 Å². The van der Waals surface area contributed by atoms with Crippen LogP contribution in [0.4, 0.5) is 5.69 Å². The minimum atomic E-state index is -1.43. The number of quaternary nitrogens is 1. The van der Waals surface area contributed by atoms with E-state index in [1.54, 1.807) is 19.1 Å². The van der Waals surface area contributed by atoms with E-state index in [2.05, 4.69) is 12.3 Å². The second-order valence-electron chi connectivity index (χ2n) is 6.20. The molecular formula is C20H20N3O6+. The molecule has 1 aromatic carbocycles. The van der Waals surface area contributed by atoms with Crippen LogP contribution in [-0.2, 0) is 9.53 Å². The van der Waals surface area contributed by atoms with E-state index in [9.17, 15) is 25.0 Å². The Hall–Kier alpha value is -3.77. The van der Waals surface area contributed by atoms with Crippen LogP contribution in [0, 0.1) is 33.3 Å². The molecule has 0 bridgehead atoms. The lowest BCUT2D eigenvalue weighted by atomic mass is 9.75. The fraction of sp³-hybridized carbons (Fsp3) is 0.250. The number of Topliss-reactive ketones (excluding diaryl/α,β-unsaturated/α-hetero) is 1. The number of nitro benzene ring substituents is 1. The zero-order valence-electron chi connectivity index (χ0n) is 15.7. The Morgan fingerprint density at radius 2 is 2.00 bits per heavy atom. The van der Waals surface area contributed by atoms with Gasteiger partial charge in [-0.15, -0.1) is 0 Å². The summed E-state index contributed by atoms with van der Waals surface area (Å²) in [5.41, 5.74) is 3.77. The first-order chi connectivity index (χ1) is 13.8. The van der Waals surface area contributed by atoms with E-state index in [0.717, 1.165) is 0 Å². The van der Waals surface area contributed by atoms with Crippen molar-refractivity contribution >= 4 is 17.4 Å². The highest BCUT2D eigenvalue weighted by molar-refractivity contribution is 6.09. The van der Waals surface area contributed by atoms with Crippen LogP contribution >= 0.6 is 0 Å². The lowest BCUT2D eigenvalue weighted by Gasteiger charge is -2.25. The Kier molecular flexibility index (Phi) is 7.00. The summed E-state index contributed by atoms with van der Waals surface area (Å²) in [6.45, 7) is 5.31. The molecule has 0 aliphatic rings. The zero-order chi connectivity index (χ0) is 21.6. The van der Waals surface area contributed by atoms with E-state index < -0.39 is 34.4 Å². The SMILES string of the molecule is C=C([NH3+])[C@H](C#N)[C@H](c1ccco1)[C@H](C(=O)OCC)C(=O)c1ccc([N+](=O)[O-])cc1. The molecule has 3 atom stereocenters. The van der Waals surface area contributed by atoms with Crippen molar-refractivity contribution in [3.05, 3.63) is 76.4 Å². The first-order valence-corrected chi connectivity index (χ1v) is 8.70. The van der Waals surface area contributed by atoms with E-state index in [1.165, 1.54) is 30.5 Å². The summed E-state index contributed by atoms with van der Waals surface area (Å²) in [4.78, 5) is 36.3. The van der Waals surface area contributed by atoms with Crippen molar-refractivity contribution < 1.29 is 29.4 Å². The van der Waals surface area contributed by atoms with Crippen LogP contribution in [0.1, 0.15) is 29.0 Å². The Bertz CT molecular complexity index is 944. The predicted molar refractivity (Wildman–Crippen MR) is 100 cm³/mol. The Labute approximate surface area is 166 Å². The molecule has 0 aliphatic carbocycles. The van der Waals surface area contributed by atoms with Gasteiger partial charge in [0.1, 0.15) is 23.3 Å². The Morgan fingerprint density at radius 3 is 2.45 bits per heavy atom. The summed E-state index contributed by atoms with van der Waals surface area (Å²) in [7, 11) is 0. The van der Waals surface area contributed by atoms with Crippen LogP contribution in [-0.4, -0.2) is 23.3 Å². The predicted octanol–water partition coefficient (Wildman–Crippen LogP) is 2.23. The number of esters is 1. The van der Waals surface area contributed by atoms with Crippen molar-refractivity contribution in [3.63, 3.8) is 0 Å². The molecule has 0 aliphatic heterocycles. The number of nitro groups is 1. The maximum absolute atomic E-state index is 13.3. The molecule has 0 radical (unpaired) electrons. The number of carbonyl (C=O) groups excluding carboxylic acids is 2. The molecule has 9 heteroatoms. The fourth-order valence-electron chi connectivity index (χ4n) is 3.00. The average molecular weight is 398 g/mol. The molecular weight excluding hydrogens is 378 g/mol. The lowest BCUT2D eigenvalue weighted by Crippen LogP contribution is -2.52. The normalized spacial score (nSPS) is 13.6. The summed E-state index contributed by atoms with van der Waals surface area (Å²) in [5.74, 6) is -4.71. The monoisotopic (exact) mass is 398 g/mol. The van der Waals surface area contributed by atoms with E-state index >= 15 is 0 Å². The van der Waals surface area contributed by atoms with Gasteiger partial charge in [0.2, 0.25) is 0 Å². The molecule has 0 amide bonds. The number of furan rings is 1. The molecule has 29 heavy (non-hydrogen) atoms. The van der Waals surface area contributed by atoms with Gasteiger partial charge in [-0.2, -0.15) is 5.26 Å². The van der Waals surface area contributed by atoms with E-state index in [4.69, 9.17) is 9.15 Å². The average Bonchev–Trinajstić information content (AvgIpc) is 3.22. The largest absolute Gasteiger partial charge is 0.469 e. The second-order valence-corrected chi connectivity index (χ2v) is 6.20. The van der Waals surface area contributed by atoms with Gasteiger partial charge in [0.25, 0.3) is 5.69 Å². The number of hydrogen-bond donors (Lipinski definition) is 1. The molecule has 2 aromatic rings. The van der Waals surface area contributed by atoms with Gasteiger partial charge < -0.3 is 14.9 Å². The molecule has 0 fully saturated rings. The minimum Gasteiger partial charge on any atom is -0.469 e. The zero-order valence-corrected chi connectivity index (χ0v) is 15.7. The highest BCUT2D eigenvalue weighted by Crippen LogP contribution is 2.37. The van der Waals surface area contributed by atoms with Crippen LogP contribution in [0.5, 0.6) is 0 Å². The third-order valence-electron chi connectivity index (χ3n) is 4.35. The molecule has 0 saturated heterocycles. The summed E-state index contributed by atoms with van der Waals surface area (Å²) >= 11 is 0. The minimum absolute atomic E-state index is 0.0241. The van der Waals surface area contributed by atoms with Gasteiger partial charge in [-0.05, 0) is 37.8 Å². The van der Waals surface area contributed by atoms with Crippen molar-refractivity contribution in [2.24, 2.45) is 11.8 Å². The number of allylic oxidation sites excluding steroid dienone is 1. The number of nitriles is 1. The highest BCUT2D eigenvalue weighted by Gasteiger charge is 2.45. The van der Waals surface area contributed by atoms with Gasteiger partial charge in [0.05, 0.1) is 29.8 Å². The molecule has 0 spiro atoms. The maximum Gasteiger partial charge on any atom is 0.317 e. The standard InChI is InChI=1S/C20H19N3O6/c1-3-28-20(25)18(19(24)13-6-8-14(9-7-13)23(26)27)17(15(11-21)12(2)22)16-5-4-10-29-16/h4-10,15,17-18H,2-3,22H2,1H3/p+1/t15-,17+,18-/m0/s1. The molecule has 0 unspecified atom stereocenters. The molecule has 2 rings (SSSR count). The number of benzene rings is 1. The summed E-state index contributed by atoms with van der Waals surface area (Å²) in [6, 6.07) is 9.99. The van der Waals surface area contributed by atoms with Crippen molar-refractivity contribution in [1.29, 1.82) is 5.26 Å². The number of hydrogen-bond acceptors (Lipinski definition) is 7. The molecule has 1 heterocycles. The fourth-order valence-corrected chi connectivity index (χ4v) is 3.00. The quantitative estimate of drug-likeness (QED) is 0.223. The molecule has 3 N–H and O–H groups in total. The van der Waals surface area contributed by atoms with Crippen molar-refractivity contribution in [2.45, 2.75) is 12.8 Å². The van der Waals surface area contributed by atoms with Crippen LogP contribution in [0.3, 0.4) is 0 Å². The third kappa shape index (κ3) is 4.75. The van der Waals surface area contributed by atoms with Gasteiger partial charge in [0, 0.05) is 17.7 Å². The number of ketones is 1. The molecule has 1 aromatic heterocycles. The molecule has 150 valence electrons. The van der Waals surface area contributed by atoms with Crippen molar-refractivity contribution in [1.82, 2.24) is 0 Å². The van der Waals surface area contributed by atoms with Gasteiger partial charge >= 0.3 is 5.97 Å². The number of ether oxygens (including phenoxy) is 1.